The smallest absolute Gasteiger partial charge is 0.336 e. The van der Waals surface area contributed by atoms with Crippen LogP contribution in [0.4, 0.5) is 5.69 Å². The second-order valence-corrected chi connectivity index (χ2v) is 6.45. The van der Waals surface area contributed by atoms with E-state index in [1.165, 1.54) is 18.2 Å². The van der Waals surface area contributed by atoms with Crippen LogP contribution in [0.25, 0.3) is 11.0 Å². The van der Waals surface area contributed by atoms with Gasteiger partial charge in [0.15, 0.2) is 0 Å². The summed E-state index contributed by atoms with van der Waals surface area (Å²) < 4.78 is 11.2. The summed E-state index contributed by atoms with van der Waals surface area (Å²) in [5, 5.41) is 11.8. The molecule has 134 valence electrons. The lowest BCUT2D eigenvalue weighted by molar-refractivity contribution is -0.385. The summed E-state index contributed by atoms with van der Waals surface area (Å²) in [5.74, 6) is 0.720. The van der Waals surface area contributed by atoms with Gasteiger partial charge in [0.1, 0.15) is 17.4 Å². The predicted octanol–water partition coefficient (Wildman–Crippen LogP) is 4.96. The lowest BCUT2D eigenvalue weighted by Gasteiger charge is -2.16. The van der Waals surface area contributed by atoms with Crippen LogP contribution in [-0.4, -0.2) is 4.92 Å². The minimum atomic E-state index is -0.436. The molecule has 0 aliphatic heterocycles. The SMILES string of the molecule is CC(C)c1cc(=O)oc2cc(OC(C)c3cccc([N+](=O)[O-])c3)ccc12. The van der Waals surface area contributed by atoms with Crippen molar-refractivity contribution in [1.82, 2.24) is 0 Å². The van der Waals surface area contributed by atoms with E-state index in [2.05, 4.69) is 0 Å². The first kappa shape index (κ1) is 17.7. The molecule has 1 aromatic heterocycles. The maximum Gasteiger partial charge on any atom is 0.336 e. The van der Waals surface area contributed by atoms with Crippen LogP contribution in [0.2, 0.25) is 0 Å². The Morgan fingerprint density at radius 1 is 1.08 bits per heavy atom. The molecule has 1 unspecified atom stereocenters. The number of fused-ring (bicyclic) bond motifs is 1. The zero-order valence-electron chi connectivity index (χ0n) is 14.8. The van der Waals surface area contributed by atoms with Crippen LogP contribution in [0.3, 0.4) is 0 Å². The minimum Gasteiger partial charge on any atom is -0.486 e. The highest BCUT2D eigenvalue weighted by atomic mass is 16.6. The fourth-order valence-corrected chi connectivity index (χ4v) is 2.88. The molecule has 0 amide bonds. The van der Waals surface area contributed by atoms with Crippen molar-refractivity contribution in [3.05, 3.63) is 80.2 Å². The molecular formula is C20H19NO5. The molecule has 0 spiro atoms. The molecule has 0 bridgehead atoms. The van der Waals surface area contributed by atoms with Crippen molar-refractivity contribution >= 4 is 16.7 Å². The molecule has 0 fully saturated rings. The number of rotatable bonds is 5. The standard InChI is InChI=1S/C20H19NO5/c1-12(2)18-11-20(22)26-19-10-16(7-8-17(18)19)25-13(3)14-5-4-6-15(9-14)21(23)24/h4-13H,1-3H3. The maximum absolute atomic E-state index is 11.8. The third-order valence-electron chi connectivity index (χ3n) is 4.23. The van der Waals surface area contributed by atoms with Crippen molar-refractivity contribution in [3.8, 4) is 5.75 Å². The second-order valence-electron chi connectivity index (χ2n) is 6.45. The summed E-state index contributed by atoms with van der Waals surface area (Å²) in [4.78, 5) is 22.3. The highest BCUT2D eigenvalue weighted by Crippen LogP contribution is 2.30. The van der Waals surface area contributed by atoms with E-state index in [0.717, 1.165) is 10.9 Å². The summed E-state index contributed by atoms with van der Waals surface area (Å²) in [6.45, 7) is 5.84. The highest BCUT2D eigenvalue weighted by molar-refractivity contribution is 5.82. The van der Waals surface area contributed by atoms with Crippen LogP contribution in [0, 0.1) is 10.1 Å². The van der Waals surface area contributed by atoms with E-state index in [0.29, 0.717) is 16.9 Å². The molecule has 26 heavy (non-hydrogen) atoms. The van der Waals surface area contributed by atoms with E-state index < -0.39 is 16.7 Å². The van der Waals surface area contributed by atoms with Gasteiger partial charge in [-0.15, -0.1) is 0 Å². The second kappa shape index (κ2) is 7.00. The Morgan fingerprint density at radius 2 is 1.85 bits per heavy atom. The van der Waals surface area contributed by atoms with Gasteiger partial charge in [0, 0.05) is 29.7 Å². The van der Waals surface area contributed by atoms with Gasteiger partial charge in [0.05, 0.1) is 4.92 Å². The first-order chi connectivity index (χ1) is 12.3. The van der Waals surface area contributed by atoms with Crippen LogP contribution >= 0.6 is 0 Å². The van der Waals surface area contributed by atoms with Crippen LogP contribution in [0.1, 0.15) is 43.9 Å². The van der Waals surface area contributed by atoms with Gasteiger partial charge in [-0.2, -0.15) is 0 Å². The van der Waals surface area contributed by atoms with Gasteiger partial charge in [-0.1, -0.05) is 26.0 Å². The highest BCUT2D eigenvalue weighted by Gasteiger charge is 2.14. The van der Waals surface area contributed by atoms with Gasteiger partial charge in [0.25, 0.3) is 5.69 Å². The number of nitro groups is 1. The Morgan fingerprint density at radius 3 is 2.54 bits per heavy atom. The lowest BCUT2D eigenvalue weighted by Crippen LogP contribution is -2.05. The molecule has 0 radical (unpaired) electrons. The minimum absolute atomic E-state index is 0.0176. The number of hydrogen-bond acceptors (Lipinski definition) is 5. The number of nitro benzene ring substituents is 1. The Balaban J connectivity index is 1.93. The molecule has 0 N–H and O–H groups in total. The largest absolute Gasteiger partial charge is 0.486 e. The Labute approximate surface area is 150 Å². The van der Waals surface area contributed by atoms with Crippen molar-refractivity contribution in [2.75, 3.05) is 0 Å². The van der Waals surface area contributed by atoms with Gasteiger partial charge in [-0.3, -0.25) is 10.1 Å². The summed E-state index contributed by atoms with van der Waals surface area (Å²) in [6, 6.07) is 13.2. The number of nitrogens with zero attached hydrogens (tertiary/aromatic N) is 1. The Hall–Kier alpha value is -3.15. The van der Waals surface area contributed by atoms with Gasteiger partial charge < -0.3 is 9.15 Å². The van der Waals surface area contributed by atoms with Crippen molar-refractivity contribution in [2.24, 2.45) is 0 Å². The van der Waals surface area contributed by atoms with Gasteiger partial charge in [0.2, 0.25) is 0 Å². The summed E-state index contributed by atoms with van der Waals surface area (Å²) in [6.07, 6.45) is -0.396. The molecule has 0 aliphatic carbocycles. The molecule has 3 aromatic rings. The molecule has 1 heterocycles. The quantitative estimate of drug-likeness (QED) is 0.367. The van der Waals surface area contributed by atoms with Crippen LogP contribution in [-0.2, 0) is 0 Å². The van der Waals surface area contributed by atoms with E-state index in [4.69, 9.17) is 9.15 Å². The molecule has 6 nitrogen and oxygen atoms in total. The van der Waals surface area contributed by atoms with Crippen LogP contribution in [0.5, 0.6) is 5.75 Å². The molecule has 3 rings (SSSR count). The first-order valence-electron chi connectivity index (χ1n) is 8.34. The topological polar surface area (TPSA) is 82.6 Å². The first-order valence-corrected chi connectivity index (χ1v) is 8.34. The summed E-state index contributed by atoms with van der Waals surface area (Å²) in [5.41, 5.74) is 1.70. The van der Waals surface area contributed by atoms with Crippen molar-refractivity contribution in [1.29, 1.82) is 0 Å². The van der Waals surface area contributed by atoms with Gasteiger partial charge in [-0.25, -0.2) is 4.79 Å². The van der Waals surface area contributed by atoms with Gasteiger partial charge in [-0.05, 0) is 36.1 Å². The molecule has 6 heteroatoms. The van der Waals surface area contributed by atoms with Crippen LogP contribution < -0.4 is 10.4 Å². The fourth-order valence-electron chi connectivity index (χ4n) is 2.88. The van der Waals surface area contributed by atoms with E-state index in [9.17, 15) is 14.9 Å². The average molecular weight is 353 g/mol. The molecule has 0 aliphatic rings. The predicted molar refractivity (Wildman–Crippen MR) is 98.7 cm³/mol. The van der Waals surface area contributed by atoms with E-state index in [-0.39, 0.29) is 11.6 Å². The zero-order chi connectivity index (χ0) is 18.8. The lowest BCUT2D eigenvalue weighted by atomic mass is 10.00. The number of ether oxygens (including phenoxy) is 1. The maximum atomic E-state index is 11.8. The monoisotopic (exact) mass is 353 g/mol. The Kier molecular flexibility index (Phi) is 4.75. The van der Waals surface area contributed by atoms with E-state index >= 15 is 0 Å². The number of non-ortho nitro benzene ring substituents is 1. The average Bonchev–Trinajstić information content (AvgIpc) is 2.60. The summed E-state index contributed by atoms with van der Waals surface area (Å²) in [7, 11) is 0. The number of benzene rings is 2. The van der Waals surface area contributed by atoms with Crippen molar-refractivity contribution in [3.63, 3.8) is 0 Å². The van der Waals surface area contributed by atoms with Gasteiger partial charge >= 0.3 is 5.63 Å². The molecule has 2 aromatic carbocycles. The summed E-state index contributed by atoms with van der Waals surface area (Å²) >= 11 is 0. The van der Waals surface area contributed by atoms with Crippen LogP contribution in [0.15, 0.2) is 57.7 Å². The fraction of sp³-hybridized carbons (Fsp3) is 0.250. The molecule has 0 saturated carbocycles. The van der Waals surface area contributed by atoms with Crippen molar-refractivity contribution < 1.29 is 14.1 Å². The third-order valence-corrected chi connectivity index (χ3v) is 4.23. The van der Waals surface area contributed by atoms with Crippen molar-refractivity contribution in [2.45, 2.75) is 32.8 Å². The normalized spacial score (nSPS) is 12.3. The Bertz CT molecular complexity index is 1020. The van der Waals surface area contributed by atoms with E-state index in [1.807, 2.05) is 32.9 Å². The number of hydrogen-bond donors (Lipinski definition) is 0. The molecule has 1 atom stereocenters. The van der Waals surface area contributed by atoms with E-state index in [1.54, 1.807) is 18.2 Å². The molecule has 0 saturated heterocycles. The molecular weight excluding hydrogens is 334 g/mol. The third kappa shape index (κ3) is 3.59. The zero-order valence-corrected chi connectivity index (χ0v) is 14.8.